The first kappa shape index (κ1) is 21.0. The molecular weight excluding hydrogens is 362 g/mol. The fourth-order valence-corrected chi connectivity index (χ4v) is 3.65. The summed E-state index contributed by atoms with van der Waals surface area (Å²) < 4.78 is 0. The number of likely N-dealkylation sites (tertiary alicyclic amines) is 1. The number of anilines is 1. The van der Waals surface area contributed by atoms with Gasteiger partial charge in [-0.3, -0.25) is 14.6 Å². The zero-order chi connectivity index (χ0) is 20.9. The number of nitrogens with one attached hydrogen (secondary N) is 1. The molecule has 1 aromatic heterocycles. The van der Waals surface area contributed by atoms with Crippen LogP contribution in [0.2, 0.25) is 0 Å². The van der Waals surface area contributed by atoms with E-state index in [1.807, 2.05) is 4.90 Å². The van der Waals surface area contributed by atoms with Crippen molar-refractivity contribution in [2.45, 2.75) is 51.9 Å². The van der Waals surface area contributed by atoms with Gasteiger partial charge in [0.15, 0.2) is 0 Å². The first-order valence-electron chi connectivity index (χ1n) is 10.4. The van der Waals surface area contributed by atoms with Crippen molar-refractivity contribution in [2.75, 3.05) is 18.4 Å². The second-order valence-corrected chi connectivity index (χ2v) is 8.83. The number of amides is 2. The Morgan fingerprint density at radius 2 is 1.66 bits per heavy atom. The van der Waals surface area contributed by atoms with Gasteiger partial charge < -0.3 is 10.2 Å². The summed E-state index contributed by atoms with van der Waals surface area (Å²) in [5, 5.41) is 2.93. The van der Waals surface area contributed by atoms with Gasteiger partial charge in [0, 0.05) is 43.5 Å². The second kappa shape index (κ2) is 9.21. The maximum absolute atomic E-state index is 12.6. The van der Waals surface area contributed by atoms with Crippen molar-refractivity contribution < 1.29 is 9.59 Å². The molecular formula is C24H31N3O2. The average molecular weight is 394 g/mol. The minimum atomic E-state index is -0.0443. The number of hydrogen-bond donors (Lipinski definition) is 1. The molecule has 1 aliphatic rings. The van der Waals surface area contributed by atoms with Crippen LogP contribution in [0.4, 0.5) is 5.69 Å². The number of hydrogen-bond acceptors (Lipinski definition) is 3. The molecule has 154 valence electrons. The van der Waals surface area contributed by atoms with Crippen molar-refractivity contribution in [1.29, 1.82) is 0 Å². The van der Waals surface area contributed by atoms with E-state index in [9.17, 15) is 9.59 Å². The SMILES string of the molecule is CC(C)(C)c1ccc(CCC(=O)N2CCC(C(=O)Nc3ccncc3)CC2)cc1. The number of aryl methyl sites for hydroxylation is 1. The summed E-state index contributed by atoms with van der Waals surface area (Å²) in [6, 6.07) is 12.1. The van der Waals surface area contributed by atoms with E-state index in [0.29, 0.717) is 32.4 Å². The molecule has 5 heteroatoms. The minimum absolute atomic E-state index is 0.0298. The lowest BCUT2D eigenvalue weighted by molar-refractivity contribution is -0.134. The van der Waals surface area contributed by atoms with Crippen molar-refractivity contribution in [3.8, 4) is 0 Å². The molecule has 2 aromatic rings. The monoisotopic (exact) mass is 393 g/mol. The molecule has 2 heterocycles. The minimum Gasteiger partial charge on any atom is -0.343 e. The summed E-state index contributed by atoms with van der Waals surface area (Å²) in [5.41, 5.74) is 3.40. The van der Waals surface area contributed by atoms with Gasteiger partial charge in [0.05, 0.1) is 0 Å². The lowest BCUT2D eigenvalue weighted by Crippen LogP contribution is -2.41. The lowest BCUT2D eigenvalue weighted by Gasteiger charge is -2.31. The summed E-state index contributed by atoms with van der Waals surface area (Å²) >= 11 is 0. The van der Waals surface area contributed by atoms with Gasteiger partial charge in [-0.25, -0.2) is 0 Å². The molecule has 29 heavy (non-hydrogen) atoms. The highest BCUT2D eigenvalue weighted by Gasteiger charge is 2.27. The molecule has 0 unspecified atom stereocenters. The maximum atomic E-state index is 12.6. The van der Waals surface area contributed by atoms with Crippen LogP contribution in [-0.4, -0.2) is 34.8 Å². The molecule has 0 spiro atoms. The van der Waals surface area contributed by atoms with E-state index in [-0.39, 0.29) is 23.1 Å². The Bertz CT molecular complexity index is 817. The highest BCUT2D eigenvalue weighted by molar-refractivity contribution is 5.92. The van der Waals surface area contributed by atoms with Gasteiger partial charge in [0.2, 0.25) is 11.8 Å². The van der Waals surface area contributed by atoms with Gasteiger partial charge in [-0.05, 0) is 47.9 Å². The van der Waals surface area contributed by atoms with Crippen LogP contribution in [0.3, 0.4) is 0 Å². The summed E-state index contributed by atoms with van der Waals surface area (Å²) in [6.07, 6.45) is 6.02. The number of carbonyl (C=O) groups excluding carboxylic acids is 2. The van der Waals surface area contributed by atoms with E-state index < -0.39 is 0 Å². The summed E-state index contributed by atoms with van der Waals surface area (Å²) in [4.78, 5) is 30.9. The van der Waals surface area contributed by atoms with Crippen LogP contribution in [0.25, 0.3) is 0 Å². The third-order valence-electron chi connectivity index (χ3n) is 5.61. The van der Waals surface area contributed by atoms with E-state index in [2.05, 4.69) is 55.3 Å². The molecule has 0 atom stereocenters. The van der Waals surface area contributed by atoms with Crippen LogP contribution in [0.1, 0.15) is 51.2 Å². The predicted molar refractivity (Wildman–Crippen MR) is 116 cm³/mol. The summed E-state index contributed by atoms with van der Waals surface area (Å²) in [6.45, 7) is 7.90. The molecule has 1 saturated heterocycles. The Kier molecular flexibility index (Phi) is 6.68. The fraction of sp³-hybridized carbons (Fsp3) is 0.458. The molecule has 0 saturated carbocycles. The topological polar surface area (TPSA) is 62.3 Å². The van der Waals surface area contributed by atoms with Crippen LogP contribution in [0, 0.1) is 5.92 Å². The van der Waals surface area contributed by atoms with Gasteiger partial charge in [-0.15, -0.1) is 0 Å². The Morgan fingerprint density at radius 3 is 2.24 bits per heavy atom. The van der Waals surface area contributed by atoms with Crippen LogP contribution >= 0.6 is 0 Å². The first-order valence-corrected chi connectivity index (χ1v) is 10.4. The zero-order valence-corrected chi connectivity index (χ0v) is 17.6. The number of piperidine rings is 1. The average Bonchev–Trinajstić information content (AvgIpc) is 2.72. The van der Waals surface area contributed by atoms with Crippen LogP contribution in [0.5, 0.6) is 0 Å². The molecule has 1 fully saturated rings. The predicted octanol–water partition coefficient (Wildman–Crippen LogP) is 4.19. The number of benzene rings is 1. The number of pyridine rings is 1. The molecule has 0 radical (unpaired) electrons. The van der Waals surface area contributed by atoms with Crippen molar-refractivity contribution in [1.82, 2.24) is 9.88 Å². The van der Waals surface area contributed by atoms with Crippen LogP contribution in [0.15, 0.2) is 48.8 Å². The molecule has 0 aliphatic carbocycles. The van der Waals surface area contributed by atoms with E-state index in [1.165, 1.54) is 11.1 Å². The largest absolute Gasteiger partial charge is 0.343 e. The van der Waals surface area contributed by atoms with Gasteiger partial charge >= 0.3 is 0 Å². The van der Waals surface area contributed by atoms with E-state index >= 15 is 0 Å². The summed E-state index contributed by atoms with van der Waals surface area (Å²) in [7, 11) is 0. The van der Waals surface area contributed by atoms with E-state index in [0.717, 1.165) is 12.1 Å². The first-order chi connectivity index (χ1) is 13.8. The number of nitrogens with zero attached hydrogens (tertiary/aromatic N) is 2. The number of rotatable bonds is 5. The smallest absolute Gasteiger partial charge is 0.227 e. The molecule has 1 N–H and O–H groups in total. The molecule has 2 amide bonds. The van der Waals surface area contributed by atoms with Crippen molar-refractivity contribution in [3.05, 3.63) is 59.9 Å². The second-order valence-electron chi connectivity index (χ2n) is 8.83. The third kappa shape index (κ3) is 5.89. The normalized spacial score (nSPS) is 15.2. The quantitative estimate of drug-likeness (QED) is 0.828. The van der Waals surface area contributed by atoms with Crippen molar-refractivity contribution >= 4 is 17.5 Å². The highest BCUT2D eigenvalue weighted by Crippen LogP contribution is 2.23. The van der Waals surface area contributed by atoms with E-state index in [1.54, 1.807) is 24.5 Å². The molecule has 1 aromatic carbocycles. The van der Waals surface area contributed by atoms with Crippen LogP contribution < -0.4 is 5.32 Å². The van der Waals surface area contributed by atoms with Gasteiger partial charge in [0.25, 0.3) is 0 Å². The Labute approximate surface area is 173 Å². The highest BCUT2D eigenvalue weighted by atomic mass is 16.2. The Morgan fingerprint density at radius 1 is 1.03 bits per heavy atom. The zero-order valence-electron chi connectivity index (χ0n) is 17.6. The van der Waals surface area contributed by atoms with Gasteiger partial charge in [0.1, 0.15) is 0 Å². The third-order valence-corrected chi connectivity index (χ3v) is 5.61. The van der Waals surface area contributed by atoms with Crippen molar-refractivity contribution in [2.24, 2.45) is 5.92 Å². The molecule has 1 aliphatic heterocycles. The molecule has 5 nitrogen and oxygen atoms in total. The van der Waals surface area contributed by atoms with Crippen molar-refractivity contribution in [3.63, 3.8) is 0 Å². The Balaban J connectivity index is 1.43. The lowest BCUT2D eigenvalue weighted by atomic mass is 9.86. The van der Waals surface area contributed by atoms with Gasteiger partial charge in [-0.1, -0.05) is 45.0 Å². The number of aromatic nitrogens is 1. The van der Waals surface area contributed by atoms with Gasteiger partial charge in [-0.2, -0.15) is 0 Å². The van der Waals surface area contributed by atoms with Crippen LogP contribution in [-0.2, 0) is 21.4 Å². The summed E-state index contributed by atoms with van der Waals surface area (Å²) in [5.74, 6) is 0.164. The Hall–Kier alpha value is -2.69. The fourth-order valence-electron chi connectivity index (χ4n) is 3.65. The molecule has 3 rings (SSSR count). The van der Waals surface area contributed by atoms with E-state index in [4.69, 9.17) is 0 Å². The molecule has 0 bridgehead atoms. The standard InChI is InChI=1S/C24H31N3O2/c1-24(2,3)20-7-4-18(5-8-20)6-9-22(28)27-16-12-19(13-17-27)23(29)26-21-10-14-25-15-11-21/h4-5,7-8,10-11,14-15,19H,6,9,12-13,16-17H2,1-3H3,(H,25,26,29). The maximum Gasteiger partial charge on any atom is 0.227 e. The number of carbonyl (C=O) groups is 2.